The van der Waals surface area contributed by atoms with Gasteiger partial charge in [0, 0.05) is 46.6 Å². The van der Waals surface area contributed by atoms with Crippen LogP contribution >= 0.6 is 0 Å². The summed E-state index contributed by atoms with van der Waals surface area (Å²) >= 11 is 0. The van der Waals surface area contributed by atoms with Crippen molar-refractivity contribution in [3.8, 4) is 0 Å². The molecule has 0 bridgehead atoms. The van der Waals surface area contributed by atoms with Gasteiger partial charge in [0.15, 0.2) is 0 Å². The number of carbonyl (C=O) groups is 2. The van der Waals surface area contributed by atoms with E-state index in [4.69, 9.17) is 4.74 Å². The molecule has 0 fully saturated rings. The van der Waals surface area contributed by atoms with Gasteiger partial charge in [0.05, 0.1) is 5.60 Å². The van der Waals surface area contributed by atoms with Gasteiger partial charge in [-0.2, -0.15) is 0 Å². The Morgan fingerprint density at radius 2 is 2.00 bits per heavy atom. The van der Waals surface area contributed by atoms with E-state index >= 15 is 0 Å². The number of ether oxygens (including phenoxy) is 1. The summed E-state index contributed by atoms with van der Waals surface area (Å²) in [5.41, 5.74) is -0.973. The Morgan fingerprint density at radius 3 is 2.53 bits per heavy atom. The second-order valence-corrected chi connectivity index (χ2v) is 4.25. The molecule has 0 aromatic carbocycles. The zero-order valence-electron chi connectivity index (χ0n) is 10.7. The summed E-state index contributed by atoms with van der Waals surface area (Å²) in [4.78, 5) is 21.9. The minimum atomic E-state index is -0.973. The van der Waals surface area contributed by atoms with Crippen molar-refractivity contribution in [1.29, 1.82) is 0 Å². The first-order chi connectivity index (χ1) is 7.87. The van der Waals surface area contributed by atoms with Crippen LogP contribution in [0.25, 0.3) is 0 Å². The summed E-state index contributed by atoms with van der Waals surface area (Å²) in [6.07, 6.45) is 0.662. The summed E-state index contributed by atoms with van der Waals surface area (Å²) < 4.78 is 4.86. The maximum Gasteiger partial charge on any atom is 0.221 e. The molecule has 0 radical (unpaired) electrons. The number of carbonyl (C=O) groups excluding carboxylic acids is 2. The van der Waals surface area contributed by atoms with Gasteiger partial charge in [-0.25, -0.2) is 0 Å². The molecule has 0 aliphatic carbocycles. The molecule has 2 amide bonds. The lowest BCUT2D eigenvalue weighted by atomic mass is 10.0. The minimum absolute atomic E-state index is 0.162. The maximum atomic E-state index is 11.3. The van der Waals surface area contributed by atoms with Crippen LogP contribution in [0.2, 0.25) is 0 Å². The van der Waals surface area contributed by atoms with Crippen molar-refractivity contribution in [2.45, 2.75) is 32.3 Å². The molecule has 6 heteroatoms. The third-order valence-corrected chi connectivity index (χ3v) is 2.24. The molecule has 1 unspecified atom stereocenters. The molecule has 0 heterocycles. The highest BCUT2D eigenvalue weighted by molar-refractivity contribution is 5.77. The standard InChI is InChI=1S/C11H22N2O4/c1-9(14)12-6-4-10(15)13-8-11(2,16)5-7-17-3/h16H,4-8H2,1-3H3,(H,12,14)(H,13,15). The van der Waals surface area contributed by atoms with E-state index in [0.717, 1.165) is 0 Å². The van der Waals surface area contributed by atoms with E-state index < -0.39 is 5.60 Å². The van der Waals surface area contributed by atoms with Crippen LogP contribution in [0.4, 0.5) is 0 Å². The summed E-state index contributed by atoms with van der Waals surface area (Å²) in [7, 11) is 1.56. The van der Waals surface area contributed by atoms with Crippen LogP contribution in [-0.2, 0) is 14.3 Å². The summed E-state index contributed by atoms with van der Waals surface area (Å²) in [6.45, 7) is 3.96. The third-order valence-electron chi connectivity index (χ3n) is 2.24. The van der Waals surface area contributed by atoms with Gasteiger partial charge in [-0.3, -0.25) is 9.59 Å². The molecule has 0 aliphatic rings. The van der Waals surface area contributed by atoms with Gasteiger partial charge in [0.2, 0.25) is 11.8 Å². The largest absolute Gasteiger partial charge is 0.388 e. The lowest BCUT2D eigenvalue weighted by Crippen LogP contribution is -2.42. The molecule has 1 atom stereocenters. The number of amides is 2. The Morgan fingerprint density at radius 1 is 1.35 bits per heavy atom. The predicted molar refractivity (Wildman–Crippen MR) is 63.4 cm³/mol. The van der Waals surface area contributed by atoms with E-state index in [2.05, 4.69) is 10.6 Å². The Labute approximate surface area is 102 Å². The third kappa shape index (κ3) is 9.77. The molecule has 0 spiro atoms. The molecule has 0 rings (SSSR count). The number of rotatable bonds is 8. The first-order valence-electron chi connectivity index (χ1n) is 5.60. The van der Waals surface area contributed by atoms with Crippen molar-refractivity contribution in [2.75, 3.05) is 26.8 Å². The van der Waals surface area contributed by atoms with Crippen LogP contribution in [0.1, 0.15) is 26.7 Å². The van der Waals surface area contributed by atoms with Crippen LogP contribution in [0.15, 0.2) is 0 Å². The van der Waals surface area contributed by atoms with Gasteiger partial charge in [0.1, 0.15) is 0 Å². The van der Waals surface area contributed by atoms with Crippen molar-refractivity contribution >= 4 is 11.8 Å². The number of hydrogen-bond donors (Lipinski definition) is 3. The van der Waals surface area contributed by atoms with Crippen molar-refractivity contribution < 1.29 is 19.4 Å². The molecular weight excluding hydrogens is 224 g/mol. The number of aliphatic hydroxyl groups is 1. The van der Waals surface area contributed by atoms with E-state index in [-0.39, 0.29) is 24.8 Å². The normalized spacial score (nSPS) is 13.9. The Hall–Kier alpha value is -1.14. The smallest absolute Gasteiger partial charge is 0.221 e. The lowest BCUT2D eigenvalue weighted by molar-refractivity contribution is -0.122. The van der Waals surface area contributed by atoms with Crippen LogP contribution in [0.3, 0.4) is 0 Å². The molecule has 0 aromatic rings. The fourth-order valence-electron chi connectivity index (χ4n) is 1.14. The average Bonchev–Trinajstić information content (AvgIpc) is 2.23. The molecule has 0 aromatic heterocycles. The summed E-state index contributed by atoms with van der Waals surface area (Å²) in [5.74, 6) is -0.360. The van der Waals surface area contributed by atoms with Crippen LogP contribution < -0.4 is 10.6 Å². The molecule has 3 N–H and O–H groups in total. The van der Waals surface area contributed by atoms with Gasteiger partial charge < -0.3 is 20.5 Å². The summed E-state index contributed by atoms with van der Waals surface area (Å²) in [5, 5.41) is 15.0. The van der Waals surface area contributed by atoms with E-state index in [1.54, 1.807) is 14.0 Å². The van der Waals surface area contributed by atoms with Gasteiger partial charge in [-0.1, -0.05) is 0 Å². The number of methoxy groups -OCH3 is 1. The second kappa shape index (κ2) is 8.03. The number of hydrogen-bond acceptors (Lipinski definition) is 4. The second-order valence-electron chi connectivity index (χ2n) is 4.25. The van der Waals surface area contributed by atoms with E-state index in [1.165, 1.54) is 6.92 Å². The fraction of sp³-hybridized carbons (Fsp3) is 0.818. The molecule has 17 heavy (non-hydrogen) atoms. The monoisotopic (exact) mass is 246 g/mol. The fourth-order valence-corrected chi connectivity index (χ4v) is 1.14. The molecule has 100 valence electrons. The number of nitrogens with one attached hydrogen (secondary N) is 2. The predicted octanol–water partition coefficient (Wildman–Crippen LogP) is -0.584. The molecule has 0 saturated carbocycles. The van der Waals surface area contributed by atoms with Gasteiger partial charge in [-0.15, -0.1) is 0 Å². The Balaban J connectivity index is 3.71. The van der Waals surface area contributed by atoms with Crippen molar-refractivity contribution in [3.05, 3.63) is 0 Å². The van der Waals surface area contributed by atoms with E-state index in [9.17, 15) is 14.7 Å². The van der Waals surface area contributed by atoms with Gasteiger partial charge in [-0.05, 0) is 6.92 Å². The maximum absolute atomic E-state index is 11.3. The van der Waals surface area contributed by atoms with Crippen LogP contribution in [-0.4, -0.2) is 49.3 Å². The Kier molecular flexibility index (Phi) is 7.49. The first kappa shape index (κ1) is 15.9. The highest BCUT2D eigenvalue weighted by atomic mass is 16.5. The highest BCUT2D eigenvalue weighted by Crippen LogP contribution is 2.07. The zero-order valence-corrected chi connectivity index (χ0v) is 10.7. The minimum Gasteiger partial charge on any atom is -0.388 e. The van der Waals surface area contributed by atoms with E-state index in [1.807, 2.05) is 0 Å². The van der Waals surface area contributed by atoms with E-state index in [0.29, 0.717) is 19.6 Å². The molecule has 0 saturated heterocycles. The van der Waals surface area contributed by atoms with Gasteiger partial charge >= 0.3 is 0 Å². The Bertz CT molecular complexity index is 254. The molecule has 0 aliphatic heterocycles. The zero-order chi connectivity index (χ0) is 13.3. The van der Waals surface area contributed by atoms with Crippen molar-refractivity contribution in [2.24, 2.45) is 0 Å². The topological polar surface area (TPSA) is 87.7 Å². The van der Waals surface area contributed by atoms with Crippen molar-refractivity contribution in [1.82, 2.24) is 10.6 Å². The van der Waals surface area contributed by atoms with Crippen LogP contribution in [0.5, 0.6) is 0 Å². The van der Waals surface area contributed by atoms with Crippen LogP contribution in [0, 0.1) is 0 Å². The average molecular weight is 246 g/mol. The quantitative estimate of drug-likeness (QED) is 0.534. The highest BCUT2D eigenvalue weighted by Gasteiger charge is 2.20. The first-order valence-corrected chi connectivity index (χ1v) is 5.60. The molecular formula is C11H22N2O4. The van der Waals surface area contributed by atoms with Gasteiger partial charge in [0.25, 0.3) is 0 Å². The molecule has 6 nitrogen and oxygen atoms in total. The van der Waals surface area contributed by atoms with Crippen molar-refractivity contribution in [3.63, 3.8) is 0 Å². The SMILES string of the molecule is COCCC(C)(O)CNC(=O)CCNC(C)=O. The lowest BCUT2D eigenvalue weighted by Gasteiger charge is -2.23. The summed E-state index contributed by atoms with van der Waals surface area (Å²) in [6, 6.07) is 0.